The van der Waals surface area contributed by atoms with Gasteiger partial charge in [-0.2, -0.15) is 13.2 Å². The quantitative estimate of drug-likeness (QED) is 0.745. The summed E-state index contributed by atoms with van der Waals surface area (Å²) < 4.78 is 49.6. The van der Waals surface area contributed by atoms with Crippen LogP contribution < -0.4 is 5.32 Å². The van der Waals surface area contributed by atoms with E-state index in [1.807, 2.05) is 0 Å². The highest BCUT2D eigenvalue weighted by atomic mass is 19.4. The molecule has 0 aliphatic carbocycles. The Hall–Kier alpha value is -1.78. The lowest BCUT2D eigenvalue weighted by molar-refractivity contribution is -0.0888. The van der Waals surface area contributed by atoms with E-state index in [2.05, 4.69) is 5.32 Å². The minimum absolute atomic E-state index is 0.360. The first-order valence-electron chi connectivity index (χ1n) is 4.94. The van der Waals surface area contributed by atoms with E-state index < -0.39 is 11.7 Å². The molecule has 0 fully saturated rings. The third kappa shape index (κ3) is 2.67. The molecule has 5 heteroatoms. The van der Waals surface area contributed by atoms with Gasteiger partial charge in [0.05, 0.1) is 11.6 Å². The Bertz CT molecular complexity index is 456. The topological polar surface area (TPSA) is 12.0 Å². The van der Waals surface area contributed by atoms with Crippen LogP contribution in [-0.4, -0.2) is 6.18 Å². The summed E-state index contributed by atoms with van der Waals surface area (Å²) in [4.78, 5) is 0. The summed E-state index contributed by atoms with van der Waals surface area (Å²) in [6.07, 6.45) is -1.01. The first-order chi connectivity index (χ1) is 7.97. The van der Waals surface area contributed by atoms with Gasteiger partial charge >= 0.3 is 6.18 Å². The standard InChI is InChI=1S/C12H9F4N/c13-10-4-1-8(2-5-10)11-6-3-9(7-17-11)12(14,15)16/h1-7,11,17H. The smallest absolute Gasteiger partial charge is 0.380 e. The van der Waals surface area contributed by atoms with Gasteiger partial charge in [0.2, 0.25) is 0 Å². The maximum absolute atomic E-state index is 12.7. The Morgan fingerprint density at radius 1 is 1.06 bits per heavy atom. The molecule has 0 aromatic heterocycles. The van der Waals surface area contributed by atoms with Gasteiger partial charge in [0.15, 0.2) is 0 Å². The molecule has 0 amide bonds. The van der Waals surface area contributed by atoms with E-state index in [0.29, 0.717) is 5.56 Å². The van der Waals surface area contributed by atoms with Gasteiger partial charge in [-0.25, -0.2) is 4.39 Å². The molecule has 1 atom stereocenters. The number of dihydropyridines is 1. The SMILES string of the molecule is Fc1ccc(C2C=CC(C(F)(F)F)=CN2)cc1. The number of benzene rings is 1. The number of nitrogens with one attached hydrogen (secondary N) is 1. The van der Waals surface area contributed by atoms with Crippen LogP contribution in [0.1, 0.15) is 11.6 Å². The predicted molar refractivity (Wildman–Crippen MR) is 55.6 cm³/mol. The molecule has 0 bridgehead atoms. The zero-order chi connectivity index (χ0) is 12.5. The van der Waals surface area contributed by atoms with Crippen molar-refractivity contribution >= 4 is 0 Å². The van der Waals surface area contributed by atoms with E-state index in [-0.39, 0.29) is 11.9 Å². The number of hydrogen-bond acceptors (Lipinski definition) is 1. The fourth-order valence-corrected chi connectivity index (χ4v) is 1.54. The van der Waals surface area contributed by atoms with Crippen molar-refractivity contribution in [2.24, 2.45) is 0 Å². The molecule has 1 aliphatic heterocycles. The Labute approximate surface area is 95.4 Å². The lowest BCUT2D eigenvalue weighted by Gasteiger charge is -2.20. The van der Waals surface area contributed by atoms with Crippen molar-refractivity contribution in [2.45, 2.75) is 12.2 Å². The van der Waals surface area contributed by atoms with Crippen molar-refractivity contribution < 1.29 is 17.6 Å². The molecule has 0 spiro atoms. The lowest BCUT2D eigenvalue weighted by Crippen LogP contribution is -2.22. The molecule has 2 rings (SSSR count). The van der Waals surface area contributed by atoms with Crippen molar-refractivity contribution in [1.82, 2.24) is 5.32 Å². The zero-order valence-corrected chi connectivity index (χ0v) is 8.63. The molecule has 1 heterocycles. The maximum atomic E-state index is 12.7. The fourth-order valence-electron chi connectivity index (χ4n) is 1.54. The second-order valence-corrected chi connectivity index (χ2v) is 3.65. The van der Waals surface area contributed by atoms with Crippen molar-refractivity contribution in [2.75, 3.05) is 0 Å². The van der Waals surface area contributed by atoms with Gasteiger partial charge in [0, 0.05) is 6.20 Å². The summed E-state index contributed by atoms with van der Waals surface area (Å²) in [5.41, 5.74) is -0.0176. The molecule has 1 aromatic carbocycles. The van der Waals surface area contributed by atoms with Crippen LogP contribution in [0.15, 0.2) is 48.2 Å². The molecule has 90 valence electrons. The molecule has 0 saturated heterocycles. The third-order valence-electron chi connectivity index (χ3n) is 2.44. The Morgan fingerprint density at radius 3 is 2.18 bits per heavy atom. The van der Waals surface area contributed by atoms with Crippen LogP contribution >= 0.6 is 0 Å². The summed E-state index contributed by atoms with van der Waals surface area (Å²) in [5.74, 6) is -0.375. The van der Waals surface area contributed by atoms with Gasteiger partial charge in [-0.1, -0.05) is 24.3 Å². The van der Waals surface area contributed by atoms with Gasteiger partial charge in [-0.15, -0.1) is 0 Å². The van der Waals surface area contributed by atoms with Gasteiger partial charge in [0.25, 0.3) is 0 Å². The van der Waals surface area contributed by atoms with Crippen molar-refractivity contribution in [3.8, 4) is 0 Å². The van der Waals surface area contributed by atoms with Crippen LogP contribution in [0.3, 0.4) is 0 Å². The van der Waals surface area contributed by atoms with Crippen LogP contribution in [0, 0.1) is 5.82 Å². The van der Waals surface area contributed by atoms with Crippen LogP contribution in [0.25, 0.3) is 0 Å². The van der Waals surface area contributed by atoms with Crippen LogP contribution in [-0.2, 0) is 0 Å². The Morgan fingerprint density at radius 2 is 1.71 bits per heavy atom. The minimum Gasteiger partial charge on any atom is -0.380 e. The summed E-state index contributed by atoms with van der Waals surface area (Å²) in [6.45, 7) is 0. The second kappa shape index (κ2) is 4.24. The number of halogens is 4. The van der Waals surface area contributed by atoms with Gasteiger partial charge < -0.3 is 5.32 Å². The lowest BCUT2D eigenvalue weighted by atomic mass is 10.0. The highest BCUT2D eigenvalue weighted by Crippen LogP contribution is 2.29. The molecule has 1 nitrogen and oxygen atoms in total. The first kappa shape index (κ1) is 11.7. The molecule has 1 aliphatic rings. The highest BCUT2D eigenvalue weighted by Gasteiger charge is 2.33. The largest absolute Gasteiger partial charge is 0.417 e. The van der Waals surface area contributed by atoms with Gasteiger partial charge in [-0.05, 0) is 17.7 Å². The fraction of sp³-hybridized carbons (Fsp3) is 0.167. The van der Waals surface area contributed by atoms with E-state index in [1.165, 1.54) is 30.3 Å². The van der Waals surface area contributed by atoms with Crippen molar-refractivity contribution in [3.05, 3.63) is 59.6 Å². The average Bonchev–Trinajstić information content (AvgIpc) is 2.29. The van der Waals surface area contributed by atoms with Crippen LogP contribution in [0.2, 0.25) is 0 Å². The Kier molecular flexibility index (Phi) is 2.92. The highest BCUT2D eigenvalue weighted by molar-refractivity contribution is 5.33. The van der Waals surface area contributed by atoms with E-state index >= 15 is 0 Å². The van der Waals surface area contributed by atoms with E-state index in [9.17, 15) is 17.6 Å². The molecular weight excluding hydrogens is 234 g/mol. The predicted octanol–water partition coefficient (Wildman–Crippen LogP) is 3.47. The average molecular weight is 243 g/mol. The van der Waals surface area contributed by atoms with Crippen LogP contribution in [0.4, 0.5) is 17.6 Å². The summed E-state index contributed by atoms with van der Waals surface area (Å²) in [7, 11) is 0. The zero-order valence-electron chi connectivity index (χ0n) is 8.63. The molecular formula is C12H9F4N. The maximum Gasteiger partial charge on any atom is 0.417 e. The molecule has 1 N–H and O–H groups in total. The van der Waals surface area contributed by atoms with Crippen LogP contribution in [0.5, 0.6) is 0 Å². The number of allylic oxidation sites excluding steroid dienone is 2. The summed E-state index contributed by atoms with van der Waals surface area (Å²) >= 11 is 0. The van der Waals surface area contributed by atoms with E-state index in [4.69, 9.17) is 0 Å². The summed E-state index contributed by atoms with van der Waals surface area (Å²) in [6, 6.07) is 5.25. The first-order valence-corrected chi connectivity index (χ1v) is 4.94. The monoisotopic (exact) mass is 243 g/mol. The van der Waals surface area contributed by atoms with Gasteiger partial charge in [-0.3, -0.25) is 0 Å². The normalized spacial score (nSPS) is 19.8. The number of alkyl halides is 3. The second-order valence-electron chi connectivity index (χ2n) is 3.65. The van der Waals surface area contributed by atoms with Crippen molar-refractivity contribution in [3.63, 3.8) is 0 Å². The molecule has 1 aromatic rings. The van der Waals surface area contributed by atoms with Crippen molar-refractivity contribution in [1.29, 1.82) is 0 Å². The number of rotatable bonds is 1. The number of hydrogen-bond donors (Lipinski definition) is 1. The molecule has 0 radical (unpaired) electrons. The summed E-state index contributed by atoms with van der Waals surface area (Å²) in [5, 5.41) is 2.62. The Balaban J connectivity index is 2.13. The third-order valence-corrected chi connectivity index (χ3v) is 2.44. The molecule has 0 saturated carbocycles. The van der Waals surface area contributed by atoms with E-state index in [1.54, 1.807) is 0 Å². The molecule has 17 heavy (non-hydrogen) atoms. The van der Waals surface area contributed by atoms with Gasteiger partial charge in [0.1, 0.15) is 5.82 Å². The van der Waals surface area contributed by atoms with E-state index in [0.717, 1.165) is 12.3 Å². The molecule has 1 unspecified atom stereocenters. The minimum atomic E-state index is -4.35.